The molecular formula is C23H28N6O5. The number of pyridine rings is 1. The normalized spacial score (nSPS) is 30.6. The number of aliphatic hydroxyl groups excluding tert-OH is 2. The number of nitrogens with one attached hydrogen (secondary N) is 3. The fraction of sp³-hybridized carbons (Fsp3) is 0.565. The van der Waals surface area contributed by atoms with Gasteiger partial charge in [-0.1, -0.05) is 5.16 Å². The molecular weight excluding hydrogens is 440 g/mol. The Morgan fingerprint density at radius 2 is 2.09 bits per heavy atom. The number of anilines is 1. The van der Waals surface area contributed by atoms with E-state index in [4.69, 9.17) is 9.63 Å². The molecule has 0 aromatic carbocycles. The standard InChI is InChI=1S/C23H28N6O5/c30-10-14(31)8-26-21(32)20-28-22(34-29-20)16-9-25-19-15(1-2-24-19)18(16)27-17-12-3-11-4-13(17)7-23(33,5-11)6-12/h1-2,9,11-14,17,30-31,33H,3-8,10H2,(H,26,32)(H2,24,25,27)/t11?,12-,13+,14-,17+,23-/m1/s1. The number of aromatic amines is 1. The van der Waals surface area contributed by atoms with Gasteiger partial charge in [0.25, 0.3) is 17.6 Å². The van der Waals surface area contributed by atoms with Gasteiger partial charge in [0.1, 0.15) is 5.65 Å². The average molecular weight is 469 g/mol. The number of carbonyl (C=O) groups excluding carboxylic acids is 1. The predicted octanol–water partition coefficient (Wildman–Crippen LogP) is 1.05. The molecule has 6 atom stereocenters. The molecule has 11 nitrogen and oxygen atoms in total. The lowest BCUT2D eigenvalue weighted by molar-refractivity contribution is -0.129. The van der Waals surface area contributed by atoms with Gasteiger partial charge in [-0.2, -0.15) is 4.98 Å². The van der Waals surface area contributed by atoms with Gasteiger partial charge in [0.05, 0.1) is 29.6 Å². The van der Waals surface area contributed by atoms with Gasteiger partial charge in [-0.05, 0) is 55.9 Å². The summed E-state index contributed by atoms with van der Waals surface area (Å²) in [5.41, 5.74) is 1.63. The summed E-state index contributed by atoms with van der Waals surface area (Å²) < 4.78 is 5.43. The van der Waals surface area contributed by atoms with Crippen LogP contribution in [0.4, 0.5) is 5.69 Å². The Morgan fingerprint density at radius 1 is 1.29 bits per heavy atom. The summed E-state index contributed by atoms with van der Waals surface area (Å²) in [6.45, 7) is -0.586. The SMILES string of the molecule is O=C(NC[C@@H](O)CO)c1noc(-c2cnc3[nH]ccc3c2N[C@H]2[C@@H]3CC4C[C@H]2C[C@@](O)(C4)C3)n1. The quantitative estimate of drug-likeness (QED) is 0.297. The Bertz CT molecular complexity index is 1210. The molecule has 0 aliphatic heterocycles. The molecule has 3 heterocycles. The molecule has 4 saturated carbocycles. The van der Waals surface area contributed by atoms with E-state index in [-0.39, 0.29) is 24.3 Å². The third-order valence-electron chi connectivity index (χ3n) is 7.71. The number of carbonyl (C=O) groups is 1. The van der Waals surface area contributed by atoms with Gasteiger partial charge in [-0.3, -0.25) is 4.79 Å². The number of amides is 1. The van der Waals surface area contributed by atoms with Crippen LogP contribution < -0.4 is 10.6 Å². The van der Waals surface area contributed by atoms with Crippen molar-refractivity contribution in [1.29, 1.82) is 0 Å². The average Bonchev–Trinajstić information content (AvgIpc) is 3.48. The minimum absolute atomic E-state index is 0.124. The number of hydrogen-bond donors (Lipinski definition) is 6. The minimum Gasteiger partial charge on any atom is -0.394 e. The number of rotatable bonds is 7. The van der Waals surface area contributed by atoms with E-state index >= 15 is 0 Å². The Morgan fingerprint density at radius 3 is 2.82 bits per heavy atom. The van der Waals surface area contributed by atoms with Crippen LogP contribution in [0.3, 0.4) is 0 Å². The minimum atomic E-state index is -1.06. The van der Waals surface area contributed by atoms with Crippen LogP contribution in [0.25, 0.3) is 22.5 Å². The van der Waals surface area contributed by atoms with Gasteiger partial charge < -0.3 is 35.5 Å². The Hall–Kier alpha value is -3.02. The van der Waals surface area contributed by atoms with Crippen molar-refractivity contribution < 1.29 is 24.6 Å². The second-order valence-electron chi connectivity index (χ2n) is 10.1. The maximum Gasteiger partial charge on any atom is 0.292 e. The molecule has 1 unspecified atom stereocenters. The van der Waals surface area contributed by atoms with Crippen LogP contribution in [0.5, 0.6) is 0 Å². The zero-order chi connectivity index (χ0) is 23.4. The first-order chi connectivity index (χ1) is 16.4. The number of fused-ring (bicyclic) bond motifs is 1. The van der Waals surface area contributed by atoms with Crippen LogP contribution >= 0.6 is 0 Å². The first-order valence-corrected chi connectivity index (χ1v) is 11.8. The smallest absolute Gasteiger partial charge is 0.292 e. The summed E-state index contributed by atoms with van der Waals surface area (Å²) in [4.78, 5) is 24.2. The molecule has 0 saturated heterocycles. The summed E-state index contributed by atoms with van der Waals surface area (Å²) in [5.74, 6) is 0.778. The van der Waals surface area contributed by atoms with Gasteiger partial charge >= 0.3 is 0 Å². The van der Waals surface area contributed by atoms with Crippen LogP contribution in [-0.2, 0) is 0 Å². The number of nitrogens with zero attached hydrogens (tertiary/aromatic N) is 3. The third kappa shape index (κ3) is 3.64. The van der Waals surface area contributed by atoms with Crippen molar-refractivity contribution in [2.24, 2.45) is 17.8 Å². The van der Waals surface area contributed by atoms with Crippen LogP contribution in [-0.4, -0.2) is 72.2 Å². The third-order valence-corrected chi connectivity index (χ3v) is 7.71. The summed E-state index contributed by atoms with van der Waals surface area (Å²) >= 11 is 0. The summed E-state index contributed by atoms with van der Waals surface area (Å²) in [6.07, 6.45) is 7.22. The molecule has 1 amide bonds. The molecule has 0 radical (unpaired) electrons. The Kier molecular flexibility index (Phi) is 5.08. The lowest BCUT2D eigenvalue weighted by atomic mass is 9.52. The topological polar surface area (TPSA) is 169 Å². The van der Waals surface area contributed by atoms with Gasteiger partial charge in [-0.25, -0.2) is 4.98 Å². The maximum atomic E-state index is 12.3. The van der Waals surface area contributed by atoms with Crippen LogP contribution in [0, 0.1) is 17.8 Å². The highest BCUT2D eigenvalue weighted by molar-refractivity contribution is 5.97. The fourth-order valence-electron chi connectivity index (χ4n) is 6.49. The summed E-state index contributed by atoms with van der Waals surface area (Å²) in [6, 6.07) is 2.17. The molecule has 6 N–H and O–H groups in total. The van der Waals surface area contributed by atoms with E-state index < -0.39 is 24.2 Å². The van der Waals surface area contributed by atoms with Crippen LogP contribution in [0.2, 0.25) is 0 Å². The van der Waals surface area contributed by atoms with Crippen molar-refractivity contribution in [3.63, 3.8) is 0 Å². The van der Waals surface area contributed by atoms with Crippen molar-refractivity contribution in [2.45, 2.75) is 49.9 Å². The lowest BCUT2D eigenvalue weighted by Crippen LogP contribution is -2.59. The largest absolute Gasteiger partial charge is 0.394 e. The number of hydrogen-bond acceptors (Lipinski definition) is 9. The van der Waals surface area contributed by atoms with Crippen molar-refractivity contribution >= 4 is 22.6 Å². The summed E-state index contributed by atoms with van der Waals surface area (Å²) in [5, 5.41) is 40.2. The van der Waals surface area contributed by atoms with E-state index in [0.717, 1.165) is 48.8 Å². The Balaban J connectivity index is 1.30. The van der Waals surface area contributed by atoms with E-state index in [1.807, 2.05) is 12.3 Å². The highest BCUT2D eigenvalue weighted by Crippen LogP contribution is 2.56. The molecule has 4 aliphatic carbocycles. The van der Waals surface area contributed by atoms with Crippen LogP contribution in [0.1, 0.15) is 42.7 Å². The van der Waals surface area contributed by atoms with Crippen molar-refractivity contribution in [3.05, 3.63) is 24.3 Å². The molecule has 11 heteroatoms. The molecule has 0 spiro atoms. The molecule has 7 rings (SSSR count). The monoisotopic (exact) mass is 468 g/mol. The number of aliphatic hydroxyl groups is 3. The molecule has 180 valence electrons. The zero-order valence-corrected chi connectivity index (χ0v) is 18.6. The summed E-state index contributed by atoms with van der Waals surface area (Å²) in [7, 11) is 0. The fourth-order valence-corrected chi connectivity index (χ4v) is 6.49. The Labute approximate surface area is 195 Å². The van der Waals surface area contributed by atoms with E-state index in [1.54, 1.807) is 6.20 Å². The van der Waals surface area contributed by atoms with E-state index in [1.165, 1.54) is 0 Å². The second kappa shape index (κ2) is 8.03. The van der Waals surface area contributed by atoms with Gasteiger partial charge in [0, 0.05) is 30.4 Å². The van der Waals surface area contributed by atoms with Gasteiger partial charge in [0.15, 0.2) is 0 Å². The predicted molar refractivity (Wildman–Crippen MR) is 121 cm³/mol. The van der Waals surface area contributed by atoms with Crippen molar-refractivity contribution in [3.8, 4) is 11.5 Å². The lowest BCUT2D eigenvalue weighted by Gasteiger charge is -2.58. The highest BCUT2D eigenvalue weighted by Gasteiger charge is 2.54. The molecule has 3 aromatic rings. The molecule has 4 aliphatic rings. The molecule has 3 aromatic heterocycles. The van der Waals surface area contributed by atoms with Gasteiger partial charge in [-0.15, -0.1) is 0 Å². The zero-order valence-electron chi connectivity index (χ0n) is 18.6. The first kappa shape index (κ1) is 21.5. The van der Waals surface area contributed by atoms with Crippen LogP contribution in [0.15, 0.2) is 23.0 Å². The van der Waals surface area contributed by atoms with E-state index in [0.29, 0.717) is 23.3 Å². The van der Waals surface area contributed by atoms with E-state index in [2.05, 4.69) is 30.7 Å². The molecule has 4 bridgehead atoms. The number of aromatic nitrogens is 4. The highest BCUT2D eigenvalue weighted by atomic mass is 16.5. The van der Waals surface area contributed by atoms with E-state index in [9.17, 15) is 15.0 Å². The van der Waals surface area contributed by atoms with Gasteiger partial charge in [0.2, 0.25) is 0 Å². The van der Waals surface area contributed by atoms with Crippen molar-refractivity contribution in [1.82, 2.24) is 25.4 Å². The second-order valence-corrected chi connectivity index (χ2v) is 10.1. The molecule has 34 heavy (non-hydrogen) atoms. The molecule has 4 fully saturated rings. The maximum absolute atomic E-state index is 12.3. The first-order valence-electron chi connectivity index (χ1n) is 11.8. The van der Waals surface area contributed by atoms with Crippen molar-refractivity contribution in [2.75, 3.05) is 18.5 Å². The number of H-pyrrole nitrogens is 1.